The quantitative estimate of drug-likeness (QED) is 0.483. The van der Waals surface area contributed by atoms with Crippen molar-refractivity contribution in [2.24, 2.45) is 0 Å². The molecular formula is C24H24N4O2. The maximum absolute atomic E-state index is 12.2. The molecule has 4 aromatic rings. The van der Waals surface area contributed by atoms with E-state index in [1.165, 1.54) is 7.11 Å². The van der Waals surface area contributed by atoms with E-state index in [4.69, 9.17) is 9.72 Å². The molecule has 2 heterocycles. The van der Waals surface area contributed by atoms with Crippen LogP contribution in [0.25, 0.3) is 16.9 Å². The molecule has 1 N–H and O–H groups in total. The number of anilines is 3. The van der Waals surface area contributed by atoms with Gasteiger partial charge in [-0.15, -0.1) is 0 Å². The van der Waals surface area contributed by atoms with Crippen LogP contribution in [0.3, 0.4) is 0 Å². The van der Waals surface area contributed by atoms with Crippen LogP contribution in [0.4, 0.5) is 17.2 Å². The number of hydrogen-bond acceptors (Lipinski definition) is 5. The predicted molar refractivity (Wildman–Crippen MR) is 121 cm³/mol. The average molecular weight is 400 g/mol. The molecule has 0 aliphatic rings. The van der Waals surface area contributed by atoms with Crippen molar-refractivity contribution in [3.8, 4) is 11.3 Å². The highest BCUT2D eigenvalue weighted by atomic mass is 16.5. The van der Waals surface area contributed by atoms with E-state index < -0.39 is 0 Å². The lowest BCUT2D eigenvalue weighted by atomic mass is 10.1. The highest BCUT2D eigenvalue weighted by Crippen LogP contribution is 2.33. The molecular weight excluding hydrogens is 376 g/mol. The van der Waals surface area contributed by atoms with E-state index in [1.807, 2.05) is 61.9 Å². The Morgan fingerprint density at radius 1 is 1.03 bits per heavy atom. The number of benzene rings is 2. The van der Waals surface area contributed by atoms with E-state index in [1.54, 1.807) is 6.07 Å². The van der Waals surface area contributed by atoms with Gasteiger partial charge >= 0.3 is 5.97 Å². The minimum Gasteiger partial charge on any atom is -0.465 e. The van der Waals surface area contributed by atoms with Crippen LogP contribution in [0, 0.1) is 6.92 Å². The van der Waals surface area contributed by atoms with Crippen LogP contribution < -0.4 is 10.2 Å². The molecule has 0 radical (unpaired) electrons. The smallest absolute Gasteiger partial charge is 0.339 e. The van der Waals surface area contributed by atoms with Gasteiger partial charge in [-0.25, -0.2) is 9.78 Å². The fourth-order valence-corrected chi connectivity index (χ4v) is 3.40. The Balaban J connectivity index is 1.87. The standard InChI is InChI=1S/C24H24N4O2/c1-16-9-14-21-26-22(17-10-12-18(13-11-17)27(2)3)23(28(21)15-16)25-20-8-6-5-7-19(20)24(29)30-4/h5-15,25H,1-4H3. The Morgan fingerprint density at radius 2 is 1.77 bits per heavy atom. The number of esters is 1. The second-order valence-electron chi connectivity index (χ2n) is 7.35. The molecule has 0 amide bonds. The van der Waals surface area contributed by atoms with Gasteiger partial charge in [0.05, 0.1) is 18.4 Å². The first-order valence-corrected chi connectivity index (χ1v) is 9.69. The van der Waals surface area contributed by atoms with E-state index in [9.17, 15) is 4.79 Å². The Bertz CT molecular complexity index is 1210. The topological polar surface area (TPSA) is 58.9 Å². The summed E-state index contributed by atoms with van der Waals surface area (Å²) >= 11 is 0. The normalized spacial score (nSPS) is 10.8. The van der Waals surface area contributed by atoms with Crippen molar-refractivity contribution in [1.29, 1.82) is 0 Å². The lowest BCUT2D eigenvalue weighted by Crippen LogP contribution is -2.08. The number of aryl methyl sites for hydroxylation is 1. The highest BCUT2D eigenvalue weighted by molar-refractivity contribution is 5.97. The second kappa shape index (κ2) is 7.91. The zero-order valence-electron chi connectivity index (χ0n) is 17.5. The fraction of sp³-hybridized carbons (Fsp3) is 0.167. The van der Waals surface area contributed by atoms with Gasteiger partial charge in [-0.05, 0) is 42.8 Å². The van der Waals surface area contributed by atoms with Crippen molar-refractivity contribution < 1.29 is 9.53 Å². The van der Waals surface area contributed by atoms with Crippen molar-refractivity contribution in [2.45, 2.75) is 6.92 Å². The Hall–Kier alpha value is -3.80. The number of rotatable bonds is 5. The minimum atomic E-state index is -0.389. The van der Waals surface area contributed by atoms with Gasteiger partial charge < -0.3 is 15.0 Å². The van der Waals surface area contributed by atoms with Crippen molar-refractivity contribution in [2.75, 3.05) is 31.4 Å². The molecule has 6 heteroatoms. The molecule has 2 aromatic heterocycles. The second-order valence-corrected chi connectivity index (χ2v) is 7.35. The van der Waals surface area contributed by atoms with Gasteiger partial charge in [-0.2, -0.15) is 0 Å². The number of aromatic nitrogens is 2. The van der Waals surface area contributed by atoms with Crippen molar-refractivity contribution >= 4 is 28.8 Å². The van der Waals surface area contributed by atoms with Gasteiger partial charge in [0.15, 0.2) is 0 Å². The van der Waals surface area contributed by atoms with E-state index >= 15 is 0 Å². The van der Waals surface area contributed by atoms with Crippen LogP contribution in [-0.2, 0) is 4.74 Å². The Morgan fingerprint density at radius 3 is 2.47 bits per heavy atom. The van der Waals surface area contributed by atoms with E-state index in [2.05, 4.69) is 34.5 Å². The van der Waals surface area contributed by atoms with Crippen LogP contribution in [0.2, 0.25) is 0 Å². The van der Waals surface area contributed by atoms with Gasteiger partial charge in [0.1, 0.15) is 17.2 Å². The summed E-state index contributed by atoms with van der Waals surface area (Å²) in [7, 11) is 5.41. The van der Waals surface area contributed by atoms with Gasteiger partial charge in [0, 0.05) is 31.5 Å². The number of nitrogens with zero attached hydrogens (tertiary/aromatic N) is 3. The number of fused-ring (bicyclic) bond motifs is 1. The van der Waals surface area contributed by atoms with Crippen molar-refractivity contribution in [3.63, 3.8) is 0 Å². The number of ether oxygens (including phenoxy) is 1. The molecule has 0 saturated carbocycles. The van der Waals surface area contributed by atoms with Gasteiger partial charge in [-0.3, -0.25) is 4.40 Å². The summed E-state index contributed by atoms with van der Waals surface area (Å²) in [6.45, 7) is 2.04. The first-order valence-electron chi connectivity index (χ1n) is 9.69. The van der Waals surface area contributed by atoms with E-state index in [-0.39, 0.29) is 5.97 Å². The van der Waals surface area contributed by atoms with Crippen LogP contribution >= 0.6 is 0 Å². The van der Waals surface area contributed by atoms with Crippen LogP contribution in [-0.4, -0.2) is 36.6 Å². The molecule has 4 rings (SSSR count). The molecule has 0 unspecified atom stereocenters. The van der Waals surface area contributed by atoms with Gasteiger partial charge in [0.2, 0.25) is 0 Å². The largest absolute Gasteiger partial charge is 0.465 e. The lowest BCUT2D eigenvalue weighted by Gasteiger charge is -2.14. The monoisotopic (exact) mass is 400 g/mol. The fourth-order valence-electron chi connectivity index (χ4n) is 3.40. The molecule has 152 valence electrons. The van der Waals surface area contributed by atoms with Crippen molar-refractivity contribution in [3.05, 3.63) is 78.0 Å². The van der Waals surface area contributed by atoms with Crippen LogP contribution in [0.1, 0.15) is 15.9 Å². The van der Waals surface area contributed by atoms with Gasteiger partial charge in [0.25, 0.3) is 0 Å². The number of carbonyl (C=O) groups is 1. The number of pyridine rings is 1. The van der Waals surface area contributed by atoms with Crippen LogP contribution in [0.15, 0.2) is 66.9 Å². The molecule has 6 nitrogen and oxygen atoms in total. The lowest BCUT2D eigenvalue weighted by molar-refractivity contribution is 0.0602. The molecule has 2 aromatic carbocycles. The molecule has 0 aliphatic carbocycles. The molecule has 0 atom stereocenters. The minimum absolute atomic E-state index is 0.389. The number of imidazole rings is 1. The third-order valence-corrected chi connectivity index (χ3v) is 5.01. The zero-order valence-corrected chi connectivity index (χ0v) is 17.5. The maximum atomic E-state index is 12.2. The summed E-state index contributed by atoms with van der Waals surface area (Å²) in [5, 5.41) is 3.43. The average Bonchev–Trinajstić information content (AvgIpc) is 3.11. The summed E-state index contributed by atoms with van der Waals surface area (Å²) in [6.07, 6.45) is 2.03. The number of hydrogen-bond donors (Lipinski definition) is 1. The van der Waals surface area contributed by atoms with Crippen LogP contribution in [0.5, 0.6) is 0 Å². The van der Waals surface area contributed by atoms with E-state index in [0.717, 1.165) is 34.0 Å². The molecule has 0 aliphatic heterocycles. The summed E-state index contributed by atoms with van der Waals surface area (Å²) in [5.74, 6) is 0.405. The number of para-hydroxylation sites is 1. The zero-order chi connectivity index (χ0) is 21.3. The summed E-state index contributed by atoms with van der Waals surface area (Å²) in [4.78, 5) is 19.2. The Labute approximate surface area is 175 Å². The number of nitrogens with one attached hydrogen (secondary N) is 1. The Kier molecular flexibility index (Phi) is 5.14. The first-order chi connectivity index (χ1) is 14.5. The highest BCUT2D eigenvalue weighted by Gasteiger charge is 2.18. The number of carbonyl (C=O) groups excluding carboxylic acids is 1. The third-order valence-electron chi connectivity index (χ3n) is 5.01. The summed E-state index contributed by atoms with van der Waals surface area (Å²) < 4.78 is 6.96. The maximum Gasteiger partial charge on any atom is 0.339 e. The predicted octanol–water partition coefficient (Wildman–Crippen LogP) is 4.91. The van der Waals surface area contributed by atoms with E-state index in [0.29, 0.717) is 11.3 Å². The first kappa shape index (κ1) is 19.5. The number of methoxy groups -OCH3 is 1. The molecule has 0 spiro atoms. The summed E-state index contributed by atoms with van der Waals surface area (Å²) in [6, 6.07) is 19.6. The summed E-state index contributed by atoms with van der Waals surface area (Å²) in [5.41, 5.74) is 5.98. The SMILES string of the molecule is COC(=O)c1ccccc1Nc1c(-c2ccc(N(C)C)cc2)nc2ccc(C)cn12. The molecule has 0 saturated heterocycles. The molecule has 0 fully saturated rings. The third kappa shape index (κ3) is 3.59. The van der Waals surface area contributed by atoms with Crippen molar-refractivity contribution in [1.82, 2.24) is 9.38 Å². The van der Waals surface area contributed by atoms with Gasteiger partial charge in [-0.1, -0.05) is 30.3 Å². The molecule has 30 heavy (non-hydrogen) atoms. The molecule has 0 bridgehead atoms.